The van der Waals surface area contributed by atoms with E-state index in [0.717, 1.165) is 30.6 Å². The molecule has 4 nitrogen and oxygen atoms in total. The van der Waals surface area contributed by atoms with Gasteiger partial charge in [-0.15, -0.1) is 0 Å². The van der Waals surface area contributed by atoms with Crippen molar-refractivity contribution in [2.24, 2.45) is 0 Å². The fraction of sp³-hybridized carbons (Fsp3) is 0.333. The summed E-state index contributed by atoms with van der Waals surface area (Å²) in [6.45, 7) is 2.60. The number of nitrogens with zero attached hydrogens (tertiary/aromatic N) is 4. The van der Waals surface area contributed by atoms with E-state index in [9.17, 15) is 0 Å². The van der Waals surface area contributed by atoms with Gasteiger partial charge in [-0.05, 0) is 37.9 Å². The van der Waals surface area contributed by atoms with Gasteiger partial charge in [-0.3, -0.25) is 0 Å². The summed E-state index contributed by atoms with van der Waals surface area (Å²) in [5, 5.41) is 0.754. The molecule has 0 N–H and O–H groups in total. The highest BCUT2D eigenvalue weighted by molar-refractivity contribution is 6.30. The highest BCUT2D eigenvalue weighted by atomic mass is 35.5. The summed E-state index contributed by atoms with van der Waals surface area (Å²) in [6, 6.07) is 9.72. The molecule has 0 saturated heterocycles. The number of hydrogen-bond acceptors (Lipinski definition) is 4. The maximum absolute atomic E-state index is 5.92. The Bertz CT molecular complexity index is 513. The van der Waals surface area contributed by atoms with Crippen LogP contribution in [0.25, 0.3) is 0 Å². The molecule has 0 spiro atoms. The first-order chi connectivity index (χ1) is 9.65. The molecule has 1 heterocycles. The molecule has 0 aliphatic heterocycles. The summed E-state index contributed by atoms with van der Waals surface area (Å²) in [5.41, 5.74) is 1.20. The van der Waals surface area contributed by atoms with Crippen LogP contribution in [0.4, 0.5) is 5.95 Å². The first-order valence-electron chi connectivity index (χ1n) is 6.56. The van der Waals surface area contributed by atoms with Gasteiger partial charge in [0.1, 0.15) is 0 Å². The molecule has 0 atom stereocenters. The molecule has 2 rings (SSSR count). The van der Waals surface area contributed by atoms with Gasteiger partial charge in [0.05, 0.1) is 0 Å². The summed E-state index contributed by atoms with van der Waals surface area (Å²) in [4.78, 5) is 13.0. The zero-order valence-corrected chi connectivity index (χ0v) is 12.6. The van der Waals surface area contributed by atoms with Gasteiger partial charge in [0.25, 0.3) is 0 Å². The van der Waals surface area contributed by atoms with Gasteiger partial charge in [0.15, 0.2) is 0 Å². The number of likely N-dealkylation sites (N-methyl/N-ethyl adjacent to an activating group) is 1. The highest BCUT2D eigenvalue weighted by Gasteiger charge is 2.10. The number of anilines is 1. The van der Waals surface area contributed by atoms with Crippen molar-refractivity contribution in [2.75, 3.05) is 32.1 Å². The van der Waals surface area contributed by atoms with E-state index in [1.54, 1.807) is 12.4 Å². The van der Waals surface area contributed by atoms with Gasteiger partial charge in [-0.1, -0.05) is 23.7 Å². The second-order valence-electron chi connectivity index (χ2n) is 4.90. The van der Waals surface area contributed by atoms with E-state index in [0.29, 0.717) is 0 Å². The van der Waals surface area contributed by atoms with Gasteiger partial charge in [-0.25, -0.2) is 9.97 Å². The standard InChI is InChI=1S/C15H19ClN4/c1-19(2)10-11-20(15-17-8-3-9-18-15)12-13-4-6-14(16)7-5-13/h3-9H,10-12H2,1-2H3. The molecule has 1 aromatic carbocycles. The lowest BCUT2D eigenvalue weighted by atomic mass is 10.2. The van der Waals surface area contributed by atoms with Crippen molar-refractivity contribution in [1.82, 2.24) is 14.9 Å². The Balaban J connectivity index is 2.12. The maximum Gasteiger partial charge on any atom is 0.225 e. The molecule has 0 unspecified atom stereocenters. The third-order valence-electron chi connectivity index (χ3n) is 2.94. The van der Waals surface area contributed by atoms with Crippen molar-refractivity contribution in [2.45, 2.75) is 6.54 Å². The smallest absolute Gasteiger partial charge is 0.225 e. The minimum Gasteiger partial charge on any atom is -0.335 e. The highest BCUT2D eigenvalue weighted by Crippen LogP contribution is 2.14. The van der Waals surface area contributed by atoms with Crippen LogP contribution in [0.15, 0.2) is 42.7 Å². The third-order valence-corrected chi connectivity index (χ3v) is 3.19. The Morgan fingerprint density at radius 1 is 1.00 bits per heavy atom. The fourth-order valence-corrected chi connectivity index (χ4v) is 1.96. The summed E-state index contributed by atoms with van der Waals surface area (Å²) in [7, 11) is 4.12. The molecule has 0 radical (unpaired) electrons. The molecule has 106 valence electrons. The number of rotatable bonds is 6. The van der Waals surface area contributed by atoms with E-state index in [-0.39, 0.29) is 0 Å². The molecule has 5 heteroatoms. The third kappa shape index (κ3) is 4.47. The van der Waals surface area contributed by atoms with Crippen molar-refractivity contribution in [1.29, 1.82) is 0 Å². The first-order valence-corrected chi connectivity index (χ1v) is 6.94. The van der Waals surface area contributed by atoms with E-state index >= 15 is 0 Å². The molecule has 2 aromatic rings. The second-order valence-corrected chi connectivity index (χ2v) is 5.34. The van der Waals surface area contributed by atoms with Crippen molar-refractivity contribution in [3.05, 3.63) is 53.3 Å². The Labute approximate surface area is 125 Å². The summed E-state index contributed by atoms with van der Waals surface area (Å²) in [5.74, 6) is 0.754. The van der Waals surface area contributed by atoms with Crippen LogP contribution in [0.5, 0.6) is 0 Å². The van der Waals surface area contributed by atoms with Crippen molar-refractivity contribution < 1.29 is 0 Å². The summed E-state index contributed by atoms with van der Waals surface area (Å²) < 4.78 is 0. The minimum absolute atomic E-state index is 0.754. The average Bonchev–Trinajstić information content (AvgIpc) is 2.46. The molecule has 0 amide bonds. The van der Waals surface area contributed by atoms with E-state index in [1.807, 2.05) is 30.3 Å². The van der Waals surface area contributed by atoms with Crippen LogP contribution in [-0.2, 0) is 6.54 Å². The monoisotopic (exact) mass is 290 g/mol. The lowest BCUT2D eigenvalue weighted by molar-refractivity contribution is 0.411. The zero-order valence-electron chi connectivity index (χ0n) is 11.8. The SMILES string of the molecule is CN(C)CCN(Cc1ccc(Cl)cc1)c1ncccn1. The molecule has 1 aromatic heterocycles. The Morgan fingerprint density at radius 2 is 1.65 bits per heavy atom. The number of benzene rings is 1. The van der Waals surface area contributed by atoms with Gasteiger partial charge in [-0.2, -0.15) is 0 Å². The van der Waals surface area contributed by atoms with Crippen molar-refractivity contribution in [3.63, 3.8) is 0 Å². The van der Waals surface area contributed by atoms with Crippen molar-refractivity contribution >= 4 is 17.5 Å². The van der Waals surface area contributed by atoms with Gasteiger partial charge >= 0.3 is 0 Å². The predicted molar refractivity (Wildman–Crippen MR) is 83.1 cm³/mol. The summed E-state index contributed by atoms with van der Waals surface area (Å²) >= 11 is 5.92. The fourth-order valence-electron chi connectivity index (χ4n) is 1.84. The van der Waals surface area contributed by atoms with Crippen LogP contribution in [0.2, 0.25) is 5.02 Å². The number of hydrogen-bond donors (Lipinski definition) is 0. The Kier molecular flexibility index (Phi) is 5.32. The molecular formula is C15H19ClN4. The second kappa shape index (κ2) is 7.22. The lowest BCUT2D eigenvalue weighted by Gasteiger charge is -2.24. The molecule has 0 aliphatic rings. The van der Waals surface area contributed by atoms with Crippen LogP contribution in [0.3, 0.4) is 0 Å². The van der Waals surface area contributed by atoms with Crippen molar-refractivity contribution in [3.8, 4) is 0 Å². The topological polar surface area (TPSA) is 32.3 Å². The van der Waals surface area contributed by atoms with Gasteiger partial charge < -0.3 is 9.80 Å². The van der Waals surface area contributed by atoms with Crippen LogP contribution in [0.1, 0.15) is 5.56 Å². The van der Waals surface area contributed by atoms with Crippen LogP contribution >= 0.6 is 11.6 Å². The van der Waals surface area contributed by atoms with Crippen LogP contribution in [-0.4, -0.2) is 42.1 Å². The van der Waals surface area contributed by atoms with E-state index in [4.69, 9.17) is 11.6 Å². The summed E-state index contributed by atoms with van der Waals surface area (Å²) in [6.07, 6.45) is 3.54. The average molecular weight is 291 g/mol. The number of aromatic nitrogens is 2. The molecular weight excluding hydrogens is 272 g/mol. The molecule has 0 bridgehead atoms. The predicted octanol–water partition coefficient (Wildman–Crippen LogP) is 2.70. The Morgan fingerprint density at radius 3 is 2.25 bits per heavy atom. The molecule has 0 fully saturated rings. The van der Waals surface area contributed by atoms with E-state index in [1.165, 1.54) is 5.56 Å². The van der Waals surface area contributed by atoms with Gasteiger partial charge in [0, 0.05) is 37.1 Å². The number of halogens is 1. The lowest BCUT2D eigenvalue weighted by Crippen LogP contribution is -2.32. The van der Waals surface area contributed by atoms with E-state index in [2.05, 4.69) is 33.9 Å². The largest absolute Gasteiger partial charge is 0.335 e. The van der Waals surface area contributed by atoms with Gasteiger partial charge in [0.2, 0.25) is 5.95 Å². The zero-order chi connectivity index (χ0) is 14.4. The Hall–Kier alpha value is -1.65. The molecule has 20 heavy (non-hydrogen) atoms. The molecule has 0 aliphatic carbocycles. The normalized spacial score (nSPS) is 10.8. The first kappa shape index (κ1) is 14.8. The quantitative estimate of drug-likeness (QED) is 0.819. The minimum atomic E-state index is 0.754. The van der Waals surface area contributed by atoms with Crippen LogP contribution < -0.4 is 4.90 Å². The molecule has 0 saturated carbocycles. The van der Waals surface area contributed by atoms with Crippen LogP contribution in [0, 0.1) is 0 Å². The maximum atomic E-state index is 5.92. The van der Waals surface area contributed by atoms with E-state index < -0.39 is 0 Å².